The molecule has 2 aliphatic heterocycles. The second-order valence-electron chi connectivity index (χ2n) is 27.6. The highest BCUT2D eigenvalue weighted by molar-refractivity contribution is 6.01. The lowest BCUT2D eigenvalue weighted by molar-refractivity contribution is -0.346. The fourth-order valence-electron chi connectivity index (χ4n) is 15.4. The Hall–Kier alpha value is -10.8. The molecule has 5 aliphatic rings. The summed E-state index contributed by atoms with van der Waals surface area (Å²) in [7, 11) is 0. The average Bonchev–Trinajstić information content (AvgIpc) is 0.722. The van der Waals surface area contributed by atoms with Gasteiger partial charge in [0.15, 0.2) is 17.5 Å². The van der Waals surface area contributed by atoms with E-state index in [4.69, 9.17) is 33.5 Å². The van der Waals surface area contributed by atoms with Gasteiger partial charge in [-0.2, -0.15) is 0 Å². The number of ether oxygens (including phenoxy) is 6. The molecule has 1 saturated heterocycles. The highest BCUT2D eigenvalue weighted by atomic mass is 16.6. The number of fused-ring (bicyclic) bond motifs is 10. The van der Waals surface area contributed by atoms with E-state index >= 15 is 9.59 Å². The summed E-state index contributed by atoms with van der Waals surface area (Å²) in [5, 5.41) is 52.7. The lowest BCUT2D eigenvalue weighted by Gasteiger charge is -2.67. The number of anilines is 1. The minimum Gasteiger partial charge on any atom is -0.481 e. The molecule has 546 valence electrons. The Morgan fingerprint density at radius 1 is 0.721 bits per heavy atom. The Bertz CT molecular complexity index is 4330. The van der Waals surface area contributed by atoms with Crippen LogP contribution in [0.25, 0.3) is 22.5 Å². The second-order valence-corrected chi connectivity index (χ2v) is 27.6. The van der Waals surface area contributed by atoms with Crippen LogP contribution in [0.4, 0.5) is 5.69 Å². The third-order valence-corrected chi connectivity index (χ3v) is 20.7. The van der Waals surface area contributed by atoms with E-state index in [1.54, 1.807) is 82.4 Å². The van der Waals surface area contributed by atoms with Gasteiger partial charge in [-0.05, 0) is 79.3 Å². The molecule has 2 bridgehead atoms. The Balaban J connectivity index is 0.833. The number of nitrogens with one attached hydrogen (secondary N) is 3. The summed E-state index contributed by atoms with van der Waals surface area (Å²) in [6, 6.07) is 36.7. The summed E-state index contributed by atoms with van der Waals surface area (Å²) < 4.78 is 38.9. The maximum Gasteiger partial charge on any atom is 0.350 e. The first-order valence-electron chi connectivity index (χ1n) is 34.6. The first kappa shape index (κ1) is 74.4. The van der Waals surface area contributed by atoms with Crippen LogP contribution in [0, 0.1) is 16.7 Å². The van der Waals surface area contributed by atoms with Gasteiger partial charge in [-0.25, -0.2) is 14.3 Å². The number of benzene rings is 5. The Labute approximate surface area is 598 Å². The van der Waals surface area contributed by atoms with E-state index in [2.05, 4.69) is 26.3 Å². The van der Waals surface area contributed by atoms with Crippen LogP contribution in [0.1, 0.15) is 137 Å². The summed E-state index contributed by atoms with van der Waals surface area (Å²) in [6.45, 7) is 7.48. The van der Waals surface area contributed by atoms with Crippen LogP contribution in [0.5, 0.6) is 0 Å². The van der Waals surface area contributed by atoms with E-state index in [1.807, 2.05) is 42.5 Å². The summed E-state index contributed by atoms with van der Waals surface area (Å²) in [5.74, 6) is -11.4. The molecule has 6 N–H and O–H groups in total. The van der Waals surface area contributed by atoms with Gasteiger partial charge in [0, 0.05) is 81.1 Å². The predicted octanol–water partition coefficient (Wildman–Crippen LogP) is 6.81. The number of hydrogen-bond acceptors (Lipinski definition) is 21. The fourth-order valence-corrected chi connectivity index (χ4v) is 15.4. The number of carboxylic acids is 1. The zero-order chi connectivity index (χ0) is 74.4. The molecular weight excluding hydrogens is 1340 g/mol. The van der Waals surface area contributed by atoms with Crippen molar-refractivity contribution in [3.8, 4) is 22.5 Å². The molecule has 3 fully saturated rings. The smallest absolute Gasteiger partial charge is 0.350 e. The zero-order valence-electron chi connectivity index (χ0n) is 58.4. The van der Waals surface area contributed by atoms with Crippen molar-refractivity contribution in [2.24, 2.45) is 16.7 Å². The van der Waals surface area contributed by atoms with E-state index in [0.29, 0.717) is 48.4 Å². The Morgan fingerprint density at radius 3 is 2.04 bits per heavy atom. The van der Waals surface area contributed by atoms with E-state index in [0.717, 1.165) is 25.0 Å². The van der Waals surface area contributed by atoms with Gasteiger partial charge in [-0.3, -0.25) is 43.2 Å². The number of rotatable bonds is 25. The number of carboxylic acid groups (broad SMARTS) is 1. The van der Waals surface area contributed by atoms with Crippen LogP contribution in [-0.4, -0.2) is 163 Å². The van der Waals surface area contributed by atoms with Crippen molar-refractivity contribution in [3.05, 3.63) is 173 Å². The van der Waals surface area contributed by atoms with Crippen molar-refractivity contribution >= 4 is 70.9 Å². The van der Waals surface area contributed by atoms with Crippen LogP contribution in [0.3, 0.4) is 0 Å². The normalized spacial score (nSPS) is 23.9. The molecule has 3 aliphatic carbocycles. The maximum atomic E-state index is 16.0. The number of carbonyl (C=O) groups is 11. The minimum absolute atomic E-state index is 0.00545. The van der Waals surface area contributed by atoms with E-state index in [9.17, 15) is 53.4 Å². The molecule has 2 saturated carbocycles. The van der Waals surface area contributed by atoms with Gasteiger partial charge >= 0.3 is 35.8 Å². The van der Waals surface area contributed by atoms with Crippen LogP contribution >= 0.6 is 0 Å². The molecule has 104 heavy (non-hydrogen) atoms. The average molecular weight is 1430 g/mol. The lowest BCUT2D eigenvalue weighted by Crippen LogP contribution is -2.82. The molecule has 4 amide bonds. The van der Waals surface area contributed by atoms with Crippen LogP contribution in [0.15, 0.2) is 151 Å². The number of aliphatic hydroxyl groups is 2. The van der Waals surface area contributed by atoms with Gasteiger partial charge in [0.05, 0.1) is 60.5 Å². The number of ketones is 1. The molecule has 27 heteroatoms. The maximum absolute atomic E-state index is 16.0. The number of Topliss-reactive ketones (excluding diaryl/α,β-unsaturated/α-hetero) is 1. The molecule has 11 rings (SSSR count). The quantitative estimate of drug-likeness (QED) is 0.0148. The third-order valence-electron chi connectivity index (χ3n) is 20.7. The van der Waals surface area contributed by atoms with Crippen molar-refractivity contribution in [3.63, 3.8) is 0 Å². The number of para-hydroxylation sites is 1. The number of esters is 5. The van der Waals surface area contributed by atoms with Gasteiger partial charge in [0.1, 0.15) is 35.6 Å². The van der Waals surface area contributed by atoms with Gasteiger partial charge in [0.2, 0.25) is 23.8 Å². The standard InChI is InChI=1S/C77H83N7O20/c1-44-54(40-77(98)70(103-72(96)49-27-15-9-16-28-49)68-75(6,55(87)39-56-76(68,43-99-56)104-46(3)86)69(94)66(100-45(2)85)62(44)74(77,4)5)101-73(97)67(63(47-23-11-7-12-24-47)80-71(95)48-25-13-8-14-26-48)102-61(93)35-34-57(88)79-41-58(89)78-37-36-59(90)83-42-50-29-18-19-30-51(50)64-65(52-31-20-21-32-53(52)83)84(82-81-64)38-22-10-17-33-60(91)92/h7-9,11-16,18-21,23-32,54-56,63,66-68,70,87,98H,10,17,22,33-43H2,1-6H3,(H,78,89)(H,79,88)(H,80,95)(H,91,92)/t54-,55-,56+,63?,66+,67+,68-,70-,75+,76-,77+/m0/s1. The van der Waals surface area contributed by atoms with Crippen LogP contribution < -0.4 is 20.9 Å². The number of aliphatic carboxylic acids is 1. The summed E-state index contributed by atoms with van der Waals surface area (Å²) >= 11 is 0. The first-order chi connectivity index (χ1) is 49.7. The number of carbonyl (C=O) groups excluding carboxylic acids is 10. The highest BCUT2D eigenvalue weighted by Gasteiger charge is 2.78. The zero-order valence-corrected chi connectivity index (χ0v) is 58.4. The number of nitrogens with zero attached hydrogens (tertiary/aromatic N) is 4. The number of hydrogen-bond donors (Lipinski definition) is 6. The Morgan fingerprint density at radius 2 is 1.38 bits per heavy atom. The molecule has 0 spiro atoms. The van der Waals surface area contributed by atoms with Crippen LogP contribution in [0.2, 0.25) is 0 Å². The largest absolute Gasteiger partial charge is 0.481 e. The van der Waals surface area contributed by atoms with Gasteiger partial charge < -0.3 is 64.6 Å². The number of unbranched alkanes of at least 4 members (excludes halogenated alkanes) is 2. The summed E-state index contributed by atoms with van der Waals surface area (Å²) in [6.07, 6.45) is -11.2. The van der Waals surface area contributed by atoms with E-state index < -0.39 is 162 Å². The number of aryl methyl sites for hydroxylation is 1. The third kappa shape index (κ3) is 14.9. The van der Waals surface area contributed by atoms with Crippen LogP contribution in [-0.2, 0) is 84.7 Å². The van der Waals surface area contributed by atoms with Crippen molar-refractivity contribution < 1.29 is 96.5 Å². The second kappa shape index (κ2) is 31.1. The first-order valence-corrected chi connectivity index (χ1v) is 34.6. The van der Waals surface area contributed by atoms with Crippen molar-refractivity contribution in [1.29, 1.82) is 0 Å². The molecule has 6 aromatic rings. The SMILES string of the molecule is CC(=O)O[C@H]1C(=O)[C@@]2(C)[C@H]([C@H](OC(=O)c3ccccc3)[C@]3(O)C[C@H](OC(=O)[C@H](OC(=O)CCC(=O)NCC(=O)NCCC(=O)N4Cc5ccccc5-c5nnn(CCCCCC(=O)O)c5-c5ccccc54)C(NC(=O)c4ccccc4)c4ccccc4)C(C)=C1C3(C)C)[C@]1(OC(C)=O)CO[C@@H]1C[C@@H]2O. The molecule has 5 aromatic carbocycles. The molecule has 27 nitrogen and oxygen atoms in total. The number of aromatic nitrogens is 3. The van der Waals surface area contributed by atoms with Gasteiger partial charge in [-0.1, -0.05) is 135 Å². The molecule has 11 atom stereocenters. The molecular formula is C77H83N7O20. The summed E-state index contributed by atoms with van der Waals surface area (Å²) in [5.41, 5.74) is -4.06. The van der Waals surface area contributed by atoms with Crippen molar-refractivity contribution in [2.75, 3.05) is 24.6 Å². The van der Waals surface area contributed by atoms with Gasteiger partial charge in [0.25, 0.3) is 5.91 Å². The molecule has 1 unspecified atom stereocenters. The lowest BCUT2D eigenvalue weighted by atomic mass is 9.44. The predicted molar refractivity (Wildman–Crippen MR) is 370 cm³/mol. The highest BCUT2D eigenvalue weighted by Crippen LogP contribution is 2.64. The number of aliphatic hydroxyl groups excluding tert-OH is 1. The number of amides is 4. The van der Waals surface area contributed by atoms with Gasteiger partial charge in [-0.15, -0.1) is 5.10 Å². The molecule has 1 aromatic heterocycles. The minimum atomic E-state index is -2.57. The topological polar surface area (TPSA) is 374 Å². The molecule has 0 radical (unpaired) electrons. The fraction of sp³-hybridized carbons (Fsp3) is 0.416. The van der Waals surface area contributed by atoms with Crippen molar-refractivity contribution in [1.82, 2.24) is 30.9 Å². The van der Waals surface area contributed by atoms with E-state index in [1.165, 1.54) is 52.0 Å². The van der Waals surface area contributed by atoms with Crippen molar-refractivity contribution in [2.45, 2.75) is 166 Å². The summed E-state index contributed by atoms with van der Waals surface area (Å²) in [4.78, 5) is 156. The Kier molecular flexibility index (Phi) is 22.2. The monoisotopic (exact) mass is 1430 g/mol. The molecule has 3 heterocycles. The van der Waals surface area contributed by atoms with E-state index in [-0.39, 0.29) is 66.1 Å².